The third-order valence-corrected chi connectivity index (χ3v) is 2.88. The predicted octanol–water partition coefficient (Wildman–Crippen LogP) is 3.64. The third-order valence-electron chi connectivity index (χ3n) is 1.82. The van der Waals surface area contributed by atoms with E-state index >= 15 is 0 Å². The van der Waals surface area contributed by atoms with Gasteiger partial charge in [-0.05, 0) is 29.8 Å². The first-order chi connectivity index (χ1) is 7.06. The summed E-state index contributed by atoms with van der Waals surface area (Å²) in [6.07, 6.45) is 0.272. The molecule has 0 aliphatic carbocycles. The zero-order chi connectivity index (χ0) is 11.4. The molecule has 5 heteroatoms. The first kappa shape index (κ1) is 12.7. The highest BCUT2D eigenvalue weighted by molar-refractivity contribution is 9.10. The molecule has 2 nitrogen and oxygen atoms in total. The molecule has 0 aromatic heterocycles. The number of benzene rings is 1. The van der Waals surface area contributed by atoms with Gasteiger partial charge in [-0.15, -0.1) is 11.6 Å². The van der Waals surface area contributed by atoms with Crippen molar-refractivity contribution < 1.29 is 9.59 Å². The van der Waals surface area contributed by atoms with Crippen LogP contribution in [0.3, 0.4) is 0 Å². The second kappa shape index (κ2) is 5.64. The Balaban J connectivity index is 3.03. The van der Waals surface area contributed by atoms with Gasteiger partial charge >= 0.3 is 0 Å². The number of hydrogen-bond donors (Lipinski definition) is 0. The lowest BCUT2D eigenvalue weighted by Crippen LogP contribution is -2.02. The van der Waals surface area contributed by atoms with Gasteiger partial charge in [0.2, 0.25) is 0 Å². The van der Waals surface area contributed by atoms with Crippen LogP contribution in [-0.4, -0.2) is 16.9 Å². The third kappa shape index (κ3) is 3.30. The standard InChI is InChI=1S/C10H7BrCl2O2/c11-8-5-6(10(13)15)1-2-7(8)9(14)3-4-12/h1-2,5H,3-4H2. The zero-order valence-electron chi connectivity index (χ0n) is 7.60. The van der Waals surface area contributed by atoms with Crippen LogP contribution in [0.15, 0.2) is 22.7 Å². The predicted molar refractivity (Wildman–Crippen MR) is 64.0 cm³/mol. The van der Waals surface area contributed by atoms with Gasteiger partial charge in [0.15, 0.2) is 5.78 Å². The van der Waals surface area contributed by atoms with Gasteiger partial charge in [-0.25, -0.2) is 0 Å². The van der Waals surface area contributed by atoms with Crippen LogP contribution in [0.5, 0.6) is 0 Å². The van der Waals surface area contributed by atoms with E-state index in [0.29, 0.717) is 15.6 Å². The van der Waals surface area contributed by atoms with Crippen LogP contribution < -0.4 is 0 Å². The van der Waals surface area contributed by atoms with Crippen molar-refractivity contribution >= 4 is 50.2 Å². The first-order valence-corrected chi connectivity index (χ1v) is 5.85. The van der Waals surface area contributed by atoms with Crippen LogP contribution >= 0.6 is 39.1 Å². The van der Waals surface area contributed by atoms with E-state index in [1.807, 2.05) is 0 Å². The van der Waals surface area contributed by atoms with Crippen LogP contribution in [-0.2, 0) is 0 Å². The summed E-state index contributed by atoms with van der Waals surface area (Å²) < 4.78 is 0.559. The molecule has 0 N–H and O–H groups in total. The molecule has 15 heavy (non-hydrogen) atoms. The maximum absolute atomic E-state index is 11.5. The van der Waals surface area contributed by atoms with Crippen molar-refractivity contribution in [3.8, 4) is 0 Å². The Hall–Kier alpha value is -0.380. The van der Waals surface area contributed by atoms with E-state index in [1.165, 1.54) is 12.1 Å². The lowest BCUT2D eigenvalue weighted by Gasteiger charge is -2.03. The second-order valence-corrected chi connectivity index (χ2v) is 4.41. The zero-order valence-corrected chi connectivity index (χ0v) is 10.7. The Morgan fingerprint density at radius 1 is 1.33 bits per heavy atom. The van der Waals surface area contributed by atoms with Crippen molar-refractivity contribution in [3.05, 3.63) is 33.8 Å². The van der Waals surface area contributed by atoms with Gasteiger partial charge < -0.3 is 0 Å². The highest BCUT2D eigenvalue weighted by Crippen LogP contribution is 2.21. The monoisotopic (exact) mass is 308 g/mol. The molecule has 0 spiro atoms. The van der Waals surface area contributed by atoms with Crippen molar-refractivity contribution in [1.29, 1.82) is 0 Å². The van der Waals surface area contributed by atoms with E-state index in [0.717, 1.165) is 0 Å². The molecule has 0 heterocycles. The van der Waals surface area contributed by atoms with E-state index in [4.69, 9.17) is 23.2 Å². The summed E-state index contributed by atoms with van der Waals surface area (Å²) in [5.74, 6) is 0.215. The number of rotatable bonds is 4. The Morgan fingerprint density at radius 2 is 2.00 bits per heavy atom. The van der Waals surface area contributed by atoms with E-state index < -0.39 is 5.24 Å². The minimum Gasteiger partial charge on any atom is -0.294 e. The molecule has 0 saturated heterocycles. The number of Topliss-reactive ketones (excluding diaryl/α,β-unsaturated/α-hetero) is 1. The minimum absolute atomic E-state index is 0.0644. The summed E-state index contributed by atoms with van der Waals surface area (Å²) in [6, 6.07) is 4.60. The van der Waals surface area contributed by atoms with Crippen LogP contribution in [0.2, 0.25) is 0 Å². The molecular weight excluding hydrogens is 303 g/mol. The van der Waals surface area contributed by atoms with Gasteiger partial charge in [-0.1, -0.05) is 15.9 Å². The normalized spacial score (nSPS) is 10.1. The minimum atomic E-state index is -0.549. The summed E-state index contributed by atoms with van der Waals surface area (Å²) >= 11 is 14.0. The number of halogens is 3. The average molecular weight is 310 g/mol. The quantitative estimate of drug-likeness (QED) is 0.483. The van der Waals surface area contributed by atoms with Crippen molar-refractivity contribution in [3.63, 3.8) is 0 Å². The van der Waals surface area contributed by atoms with Crippen molar-refractivity contribution in [1.82, 2.24) is 0 Å². The highest BCUT2D eigenvalue weighted by atomic mass is 79.9. The molecule has 0 aliphatic rings. The molecule has 0 amide bonds. The molecule has 0 saturated carbocycles. The highest BCUT2D eigenvalue weighted by Gasteiger charge is 2.11. The Labute approximate surface area is 106 Å². The maximum Gasteiger partial charge on any atom is 0.252 e. The lowest BCUT2D eigenvalue weighted by atomic mass is 10.1. The summed E-state index contributed by atoms with van der Waals surface area (Å²) in [7, 11) is 0. The molecular formula is C10H7BrCl2O2. The Kier molecular flexibility index (Phi) is 4.77. The first-order valence-electron chi connectivity index (χ1n) is 4.15. The van der Waals surface area contributed by atoms with Crippen LogP contribution in [0.4, 0.5) is 0 Å². The molecule has 1 rings (SSSR count). The molecule has 0 atom stereocenters. The molecule has 0 unspecified atom stereocenters. The molecule has 1 aromatic carbocycles. The Bertz CT molecular complexity index is 404. The van der Waals surface area contributed by atoms with Gasteiger partial charge in [0.1, 0.15) is 0 Å². The van der Waals surface area contributed by atoms with Crippen molar-refractivity contribution in [2.24, 2.45) is 0 Å². The second-order valence-electron chi connectivity index (χ2n) is 2.83. The molecule has 0 fully saturated rings. The van der Waals surface area contributed by atoms with Gasteiger partial charge in [0, 0.05) is 27.9 Å². The molecule has 80 valence electrons. The Morgan fingerprint density at radius 3 is 2.47 bits per heavy atom. The SMILES string of the molecule is O=C(Cl)c1ccc(C(=O)CCCl)c(Br)c1. The maximum atomic E-state index is 11.5. The number of hydrogen-bond acceptors (Lipinski definition) is 2. The average Bonchev–Trinajstić information content (AvgIpc) is 2.17. The van der Waals surface area contributed by atoms with E-state index in [-0.39, 0.29) is 18.1 Å². The number of carbonyl (C=O) groups is 2. The van der Waals surface area contributed by atoms with Gasteiger partial charge in [-0.3, -0.25) is 9.59 Å². The fraction of sp³-hybridized carbons (Fsp3) is 0.200. The summed E-state index contributed by atoms with van der Waals surface area (Å²) in [4.78, 5) is 22.4. The topological polar surface area (TPSA) is 34.1 Å². The molecule has 1 aromatic rings. The van der Waals surface area contributed by atoms with Crippen molar-refractivity contribution in [2.75, 3.05) is 5.88 Å². The fourth-order valence-electron chi connectivity index (χ4n) is 1.08. The molecule has 0 radical (unpaired) electrons. The number of carbonyl (C=O) groups excluding carboxylic acids is 2. The summed E-state index contributed by atoms with van der Waals surface area (Å²) in [5.41, 5.74) is 0.864. The van der Waals surface area contributed by atoms with Crippen LogP contribution in [0.1, 0.15) is 27.1 Å². The smallest absolute Gasteiger partial charge is 0.252 e. The summed E-state index contributed by atoms with van der Waals surface area (Å²) in [6.45, 7) is 0. The van der Waals surface area contributed by atoms with Crippen LogP contribution in [0, 0.1) is 0 Å². The van der Waals surface area contributed by atoms with Gasteiger partial charge in [-0.2, -0.15) is 0 Å². The van der Waals surface area contributed by atoms with Crippen molar-refractivity contribution in [2.45, 2.75) is 6.42 Å². The summed E-state index contributed by atoms with van der Waals surface area (Å²) in [5, 5.41) is -0.549. The molecule has 0 bridgehead atoms. The number of alkyl halides is 1. The van der Waals surface area contributed by atoms with Gasteiger partial charge in [0.25, 0.3) is 5.24 Å². The number of ketones is 1. The molecule has 0 aliphatic heterocycles. The lowest BCUT2D eigenvalue weighted by molar-refractivity contribution is 0.0987. The van der Waals surface area contributed by atoms with Gasteiger partial charge in [0.05, 0.1) is 0 Å². The van der Waals surface area contributed by atoms with E-state index in [9.17, 15) is 9.59 Å². The largest absolute Gasteiger partial charge is 0.294 e. The van der Waals surface area contributed by atoms with Crippen LogP contribution in [0.25, 0.3) is 0 Å². The van der Waals surface area contributed by atoms with E-state index in [2.05, 4.69) is 15.9 Å². The fourth-order valence-corrected chi connectivity index (χ4v) is 1.97. The van der Waals surface area contributed by atoms with E-state index in [1.54, 1.807) is 6.07 Å².